The van der Waals surface area contributed by atoms with Crippen molar-refractivity contribution in [1.29, 1.82) is 0 Å². The molecule has 0 saturated carbocycles. The number of aromatic nitrogens is 3. The van der Waals surface area contributed by atoms with Crippen molar-refractivity contribution in [3.8, 4) is 0 Å². The van der Waals surface area contributed by atoms with Crippen LogP contribution in [-0.2, 0) is 6.42 Å². The van der Waals surface area contributed by atoms with Crippen LogP contribution >= 0.6 is 0 Å². The molecule has 2 heterocycles. The quantitative estimate of drug-likeness (QED) is 0.900. The number of carbonyl (C=O) groups is 1. The van der Waals surface area contributed by atoms with Crippen molar-refractivity contribution in [3.05, 3.63) is 46.8 Å². The van der Waals surface area contributed by atoms with E-state index < -0.39 is 0 Å². The predicted molar refractivity (Wildman–Crippen MR) is 95.5 cm³/mol. The first kappa shape index (κ1) is 16.3. The second-order valence-electron chi connectivity index (χ2n) is 7.07. The molecular weight excluding hydrogens is 314 g/mol. The number of fused-ring (bicyclic) bond motifs is 1. The Morgan fingerprint density at radius 1 is 1.24 bits per heavy atom. The Bertz CT molecular complexity index is 763. The van der Waals surface area contributed by atoms with E-state index in [4.69, 9.17) is 0 Å². The van der Waals surface area contributed by atoms with Gasteiger partial charge in [-0.2, -0.15) is 0 Å². The van der Waals surface area contributed by atoms with Crippen molar-refractivity contribution < 1.29 is 4.79 Å². The lowest BCUT2D eigenvalue weighted by atomic mass is 9.87. The first-order chi connectivity index (χ1) is 12.2. The Kier molecular flexibility index (Phi) is 4.53. The van der Waals surface area contributed by atoms with Gasteiger partial charge in [0.05, 0.1) is 17.8 Å². The van der Waals surface area contributed by atoms with Crippen LogP contribution in [0.5, 0.6) is 0 Å². The first-order valence-electron chi connectivity index (χ1n) is 9.25. The lowest BCUT2D eigenvalue weighted by Gasteiger charge is -2.26. The maximum absolute atomic E-state index is 12.8. The minimum absolute atomic E-state index is 0.0703. The van der Waals surface area contributed by atoms with Crippen LogP contribution in [0.3, 0.4) is 0 Å². The van der Waals surface area contributed by atoms with Crippen LogP contribution in [0.2, 0.25) is 0 Å². The van der Waals surface area contributed by atoms with Crippen molar-refractivity contribution >= 4 is 5.91 Å². The number of piperidine rings is 1. The third-order valence-electron chi connectivity index (χ3n) is 5.47. The van der Waals surface area contributed by atoms with Crippen LogP contribution in [0, 0.1) is 6.92 Å². The number of carbonyl (C=O) groups excluding carboxylic acids is 1. The van der Waals surface area contributed by atoms with E-state index >= 15 is 0 Å². The van der Waals surface area contributed by atoms with Crippen LogP contribution < -0.4 is 10.6 Å². The number of rotatable bonds is 3. The Morgan fingerprint density at radius 3 is 2.88 bits per heavy atom. The molecule has 2 aliphatic rings. The van der Waals surface area contributed by atoms with E-state index in [1.165, 1.54) is 11.1 Å². The van der Waals surface area contributed by atoms with Gasteiger partial charge in [0.2, 0.25) is 0 Å². The van der Waals surface area contributed by atoms with E-state index in [9.17, 15) is 4.79 Å². The summed E-state index contributed by atoms with van der Waals surface area (Å²) in [5, 5.41) is 15.0. The third kappa shape index (κ3) is 3.18. The summed E-state index contributed by atoms with van der Waals surface area (Å²) in [5.74, 6) is -0.112. The van der Waals surface area contributed by atoms with Crippen LogP contribution in [0.15, 0.2) is 24.3 Å². The number of nitrogens with zero attached hydrogens (tertiary/aromatic N) is 3. The van der Waals surface area contributed by atoms with E-state index in [-0.39, 0.29) is 11.9 Å². The standard InChI is InChI=1S/C19H25N5O/c1-13-18(22-23-24(13)15-9-11-20-12-10-15)19(25)21-17-8-4-6-14-5-2-3-7-16(14)17/h2-3,5,7,15,17,20H,4,6,8-12H2,1H3,(H,21,25). The maximum Gasteiger partial charge on any atom is 0.274 e. The molecular formula is C19H25N5O. The molecule has 0 radical (unpaired) electrons. The summed E-state index contributed by atoms with van der Waals surface area (Å²) in [6.45, 7) is 3.93. The fourth-order valence-electron chi connectivity index (χ4n) is 4.08. The molecule has 1 aromatic carbocycles. The molecule has 1 saturated heterocycles. The van der Waals surface area contributed by atoms with Crippen molar-refractivity contribution in [1.82, 2.24) is 25.6 Å². The van der Waals surface area contributed by atoms with Gasteiger partial charge in [-0.25, -0.2) is 4.68 Å². The van der Waals surface area contributed by atoms with Gasteiger partial charge in [0.1, 0.15) is 0 Å². The molecule has 6 nitrogen and oxygen atoms in total. The highest BCUT2D eigenvalue weighted by Gasteiger charge is 2.26. The molecule has 25 heavy (non-hydrogen) atoms. The number of aryl methyl sites for hydroxylation is 1. The van der Waals surface area contributed by atoms with Gasteiger partial charge in [-0.15, -0.1) is 5.10 Å². The van der Waals surface area contributed by atoms with Crippen molar-refractivity contribution in [2.75, 3.05) is 13.1 Å². The van der Waals surface area contributed by atoms with Gasteiger partial charge in [-0.05, 0) is 63.2 Å². The lowest BCUT2D eigenvalue weighted by molar-refractivity contribution is 0.0927. The van der Waals surface area contributed by atoms with Crippen LogP contribution in [0.25, 0.3) is 0 Å². The van der Waals surface area contributed by atoms with Gasteiger partial charge in [-0.1, -0.05) is 29.5 Å². The molecule has 0 bridgehead atoms. The summed E-state index contributed by atoms with van der Waals surface area (Å²) >= 11 is 0. The third-order valence-corrected chi connectivity index (χ3v) is 5.47. The van der Waals surface area contributed by atoms with Crippen LogP contribution in [0.4, 0.5) is 0 Å². The summed E-state index contributed by atoms with van der Waals surface area (Å²) < 4.78 is 1.94. The first-order valence-corrected chi connectivity index (χ1v) is 9.25. The van der Waals surface area contributed by atoms with Gasteiger partial charge >= 0.3 is 0 Å². The predicted octanol–water partition coefficient (Wildman–Crippen LogP) is 2.32. The Morgan fingerprint density at radius 2 is 2.04 bits per heavy atom. The summed E-state index contributed by atoms with van der Waals surface area (Å²) in [6.07, 6.45) is 5.23. The average molecular weight is 339 g/mol. The smallest absolute Gasteiger partial charge is 0.274 e. The highest BCUT2D eigenvalue weighted by Crippen LogP contribution is 2.30. The zero-order valence-corrected chi connectivity index (χ0v) is 14.7. The van der Waals surface area contributed by atoms with E-state index in [0.717, 1.165) is 50.9 Å². The zero-order valence-electron chi connectivity index (χ0n) is 14.7. The molecule has 1 fully saturated rings. The Balaban J connectivity index is 1.52. The van der Waals surface area contributed by atoms with Gasteiger partial charge in [0.25, 0.3) is 5.91 Å². The molecule has 6 heteroatoms. The summed E-state index contributed by atoms with van der Waals surface area (Å²) in [6, 6.07) is 8.80. The molecule has 4 rings (SSSR count). The van der Waals surface area contributed by atoms with Gasteiger partial charge in [0.15, 0.2) is 5.69 Å². The summed E-state index contributed by atoms with van der Waals surface area (Å²) in [4.78, 5) is 12.8. The molecule has 2 N–H and O–H groups in total. The largest absolute Gasteiger partial charge is 0.344 e. The maximum atomic E-state index is 12.8. The number of amides is 1. The van der Waals surface area contributed by atoms with E-state index in [1.807, 2.05) is 17.7 Å². The molecule has 1 aliphatic heterocycles. The van der Waals surface area contributed by atoms with E-state index in [0.29, 0.717) is 11.7 Å². The van der Waals surface area contributed by atoms with Crippen molar-refractivity contribution in [3.63, 3.8) is 0 Å². The van der Waals surface area contributed by atoms with Crippen LogP contribution in [0.1, 0.15) is 65.1 Å². The Hall–Kier alpha value is -2.21. The van der Waals surface area contributed by atoms with Gasteiger partial charge < -0.3 is 10.6 Å². The number of hydrogen-bond donors (Lipinski definition) is 2. The zero-order chi connectivity index (χ0) is 17.2. The Labute approximate surface area is 148 Å². The molecule has 1 atom stereocenters. The van der Waals surface area contributed by atoms with Gasteiger partial charge in [-0.3, -0.25) is 4.79 Å². The normalized spacial score (nSPS) is 20.9. The van der Waals surface area contributed by atoms with Crippen molar-refractivity contribution in [2.24, 2.45) is 0 Å². The SMILES string of the molecule is Cc1c(C(=O)NC2CCCc3ccccc32)nnn1C1CCNCC1. The van der Waals surface area contributed by atoms with E-state index in [1.54, 1.807) is 0 Å². The molecule has 1 unspecified atom stereocenters. The highest BCUT2D eigenvalue weighted by molar-refractivity contribution is 5.93. The van der Waals surface area contributed by atoms with Crippen LogP contribution in [-0.4, -0.2) is 34.0 Å². The molecule has 1 aliphatic carbocycles. The molecule has 2 aromatic rings. The number of benzene rings is 1. The van der Waals surface area contributed by atoms with Crippen molar-refractivity contribution in [2.45, 2.75) is 51.1 Å². The molecule has 0 spiro atoms. The average Bonchev–Trinajstić information content (AvgIpc) is 3.04. The minimum atomic E-state index is -0.112. The summed E-state index contributed by atoms with van der Waals surface area (Å²) in [7, 11) is 0. The minimum Gasteiger partial charge on any atom is -0.344 e. The fraction of sp³-hybridized carbons (Fsp3) is 0.526. The fourth-order valence-corrected chi connectivity index (χ4v) is 4.08. The highest BCUT2D eigenvalue weighted by atomic mass is 16.2. The van der Waals surface area contributed by atoms with E-state index in [2.05, 4.69) is 39.1 Å². The summed E-state index contributed by atoms with van der Waals surface area (Å²) in [5.41, 5.74) is 3.91. The second-order valence-corrected chi connectivity index (χ2v) is 7.07. The number of nitrogens with one attached hydrogen (secondary N) is 2. The molecule has 132 valence electrons. The monoisotopic (exact) mass is 339 g/mol. The van der Waals surface area contributed by atoms with Gasteiger partial charge in [0, 0.05) is 0 Å². The molecule has 1 amide bonds. The topological polar surface area (TPSA) is 71.8 Å². The second kappa shape index (κ2) is 6.96. The number of hydrogen-bond acceptors (Lipinski definition) is 4. The lowest BCUT2D eigenvalue weighted by Crippen LogP contribution is -2.32. The molecule has 1 aromatic heterocycles.